The number of carbonyl (C=O) groups excluding carboxylic acids is 1. The Morgan fingerprint density at radius 3 is 2.75 bits per heavy atom. The minimum absolute atomic E-state index is 0.00831. The molecule has 6 heteroatoms. The van der Waals surface area contributed by atoms with Crippen molar-refractivity contribution in [3.63, 3.8) is 0 Å². The molecule has 4 nitrogen and oxygen atoms in total. The summed E-state index contributed by atoms with van der Waals surface area (Å²) in [5.74, 6) is -0.998. The number of aliphatic hydroxyl groups is 1. The summed E-state index contributed by atoms with van der Waals surface area (Å²) in [6.07, 6.45) is 1.39. The molecule has 1 aliphatic heterocycles. The average Bonchev–Trinajstić information content (AvgIpc) is 2.48. The number of nitrogens with one attached hydrogen (secondary N) is 1. The Morgan fingerprint density at radius 1 is 1.45 bits per heavy atom. The van der Waals surface area contributed by atoms with Gasteiger partial charge in [-0.2, -0.15) is 0 Å². The Hall–Kier alpha value is -1.17. The van der Waals surface area contributed by atoms with Crippen molar-refractivity contribution in [2.24, 2.45) is 5.41 Å². The number of carbonyl (C=O) groups is 1. The molecule has 0 aliphatic carbocycles. The van der Waals surface area contributed by atoms with Gasteiger partial charge in [-0.15, -0.1) is 0 Å². The molecule has 0 unspecified atom stereocenters. The molecule has 1 aromatic carbocycles. The predicted octanol–water partition coefficient (Wildman–Crippen LogP) is 2.00. The van der Waals surface area contributed by atoms with Gasteiger partial charge in [0, 0.05) is 30.7 Å². The second kappa shape index (κ2) is 6.52. The Morgan fingerprint density at radius 2 is 2.15 bits per heavy atom. The first kappa shape index (κ1) is 15.2. The molecule has 2 rings (SSSR count). The largest absolute Gasteiger partial charge is 0.396 e. The van der Waals surface area contributed by atoms with Crippen LogP contribution in [0.4, 0.5) is 4.39 Å². The van der Waals surface area contributed by atoms with Crippen molar-refractivity contribution in [1.82, 2.24) is 5.32 Å². The van der Waals surface area contributed by atoms with Crippen molar-refractivity contribution >= 4 is 17.5 Å². The molecule has 110 valence electrons. The third kappa shape index (κ3) is 3.48. The van der Waals surface area contributed by atoms with Gasteiger partial charge in [-0.25, -0.2) is 4.39 Å². The Bertz CT molecular complexity index is 489. The molecule has 1 aromatic rings. The van der Waals surface area contributed by atoms with E-state index in [9.17, 15) is 14.3 Å². The van der Waals surface area contributed by atoms with Crippen molar-refractivity contribution in [3.8, 4) is 0 Å². The van der Waals surface area contributed by atoms with Crippen LogP contribution in [0.25, 0.3) is 0 Å². The van der Waals surface area contributed by atoms with Gasteiger partial charge in [-0.3, -0.25) is 4.79 Å². The number of amides is 1. The first-order valence-electron chi connectivity index (χ1n) is 6.48. The lowest BCUT2D eigenvalue weighted by atomic mass is 9.81. The van der Waals surface area contributed by atoms with Crippen LogP contribution in [0.5, 0.6) is 0 Å². The van der Waals surface area contributed by atoms with Crippen LogP contribution in [-0.4, -0.2) is 37.4 Å². The molecule has 2 N–H and O–H groups in total. The molecule has 20 heavy (non-hydrogen) atoms. The summed E-state index contributed by atoms with van der Waals surface area (Å²) in [6, 6.07) is 3.92. The fourth-order valence-electron chi connectivity index (χ4n) is 2.20. The second-order valence-corrected chi connectivity index (χ2v) is 5.49. The normalized spacial score (nSPS) is 17.8. The van der Waals surface area contributed by atoms with Crippen LogP contribution >= 0.6 is 11.6 Å². The highest BCUT2D eigenvalue weighted by atomic mass is 35.5. The lowest BCUT2D eigenvalue weighted by Crippen LogP contribution is -2.43. The number of benzene rings is 1. The highest BCUT2D eigenvalue weighted by Gasteiger charge is 2.32. The van der Waals surface area contributed by atoms with Crippen molar-refractivity contribution in [1.29, 1.82) is 0 Å². The number of ether oxygens (including phenoxy) is 1. The van der Waals surface area contributed by atoms with Gasteiger partial charge in [0.25, 0.3) is 5.91 Å². The topological polar surface area (TPSA) is 58.6 Å². The molecule has 1 heterocycles. The van der Waals surface area contributed by atoms with Crippen LogP contribution < -0.4 is 5.32 Å². The zero-order chi connectivity index (χ0) is 14.6. The van der Waals surface area contributed by atoms with E-state index in [0.29, 0.717) is 32.6 Å². The van der Waals surface area contributed by atoms with Gasteiger partial charge >= 0.3 is 0 Å². The van der Waals surface area contributed by atoms with E-state index in [1.807, 2.05) is 0 Å². The summed E-state index contributed by atoms with van der Waals surface area (Å²) in [5, 5.41) is 12.2. The van der Waals surface area contributed by atoms with Gasteiger partial charge in [-0.05, 0) is 31.0 Å². The summed E-state index contributed by atoms with van der Waals surface area (Å²) in [6.45, 7) is 1.49. The van der Waals surface area contributed by atoms with Gasteiger partial charge < -0.3 is 15.2 Å². The highest BCUT2D eigenvalue weighted by Crippen LogP contribution is 2.29. The van der Waals surface area contributed by atoms with E-state index in [-0.39, 0.29) is 28.5 Å². The first-order chi connectivity index (χ1) is 9.56. The number of hydrogen-bond acceptors (Lipinski definition) is 3. The molecular formula is C14H17ClFNO3. The minimum Gasteiger partial charge on any atom is -0.396 e. The molecule has 0 atom stereocenters. The van der Waals surface area contributed by atoms with E-state index in [4.69, 9.17) is 16.3 Å². The SMILES string of the molecule is O=C(NCC1(CO)CCOCC1)c1ccc(Cl)c(F)c1. The fraction of sp³-hybridized carbons (Fsp3) is 0.500. The molecule has 0 aromatic heterocycles. The lowest BCUT2D eigenvalue weighted by molar-refractivity contribution is -0.0146. The molecule has 1 amide bonds. The molecule has 1 saturated heterocycles. The fourth-order valence-corrected chi connectivity index (χ4v) is 2.32. The van der Waals surface area contributed by atoms with Crippen LogP contribution in [0.3, 0.4) is 0 Å². The maximum atomic E-state index is 13.3. The lowest BCUT2D eigenvalue weighted by Gasteiger charge is -2.35. The van der Waals surface area contributed by atoms with E-state index >= 15 is 0 Å². The summed E-state index contributed by atoms with van der Waals surface area (Å²) >= 11 is 5.58. The Kier molecular flexibility index (Phi) is 4.96. The average molecular weight is 302 g/mol. The van der Waals surface area contributed by atoms with Gasteiger partial charge in [-0.1, -0.05) is 11.6 Å². The summed E-state index contributed by atoms with van der Waals surface area (Å²) in [5.41, 5.74) is -0.133. The van der Waals surface area contributed by atoms with E-state index < -0.39 is 5.82 Å². The van der Waals surface area contributed by atoms with Crippen LogP contribution in [0.15, 0.2) is 18.2 Å². The quantitative estimate of drug-likeness (QED) is 0.894. The first-order valence-corrected chi connectivity index (χ1v) is 6.86. The summed E-state index contributed by atoms with van der Waals surface area (Å²) in [7, 11) is 0. The maximum absolute atomic E-state index is 13.3. The van der Waals surface area contributed by atoms with Crippen LogP contribution in [0, 0.1) is 11.2 Å². The Labute approximate surface area is 121 Å². The number of rotatable bonds is 4. The van der Waals surface area contributed by atoms with Gasteiger partial charge in [0.1, 0.15) is 5.82 Å². The number of halogens is 2. The molecule has 0 spiro atoms. The van der Waals surface area contributed by atoms with Crippen molar-refractivity contribution in [2.75, 3.05) is 26.4 Å². The van der Waals surface area contributed by atoms with Gasteiger partial charge in [0.2, 0.25) is 0 Å². The Balaban J connectivity index is 1.98. The minimum atomic E-state index is -0.623. The van der Waals surface area contributed by atoms with Crippen molar-refractivity contribution < 1.29 is 19.0 Å². The molecule has 0 saturated carbocycles. The van der Waals surface area contributed by atoms with Crippen LogP contribution in [0.2, 0.25) is 5.02 Å². The van der Waals surface area contributed by atoms with Crippen LogP contribution in [0.1, 0.15) is 23.2 Å². The second-order valence-electron chi connectivity index (χ2n) is 5.08. The van der Waals surface area contributed by atoms with Crippen molar-refractivity contribution in [3.05, 3.63) is 34.6 Å². The zero-order valence-electron chi connectivity index (χ0n) is 11.0. The molecule has 0 radical (unpaired) electrons. The number of hydrogen-bond donors (Lipinski definition) is 2. The van der Waals surface area contributed by atoms with Crippen LogP contribution in [-0.2, 0) is 4.74 Å². The summed E-state index contributed by atoms with van der Waals surface area (Å²) in [4.78, 5) is 12.0. The molecule has 1 fully saturated rings. The maximum Gasteiger partial charge on any atom is 0.251 e. The van der Waals surface area contributed by atoms with Gasteiger partial charge in [0.15, 0.2) is 0 Å². The van der Waals surface area contributed by atoms with E-state index in [0.717, 1.165) is 6.07 Å². The predicted molar refractivity (Wildman–Crippen MR) is 73.3 cm³/mol. The van der Waals surface area contributed by atoms with E-state index in [2.05, 4.69) is 5.32 Å². The monoisotopic (exact) mass is 301 g/mol. The zero-order valence-corrected chi connectivity index (χ0v) is 11.8. The van der Waals surface area contributed by atoms with E-state index in [1.165, 1.54) is 12.1 Å². The third-order valence-corrected chi connectivity index (χ3v) is 4.00. The van der Waals surface area contributed by atoms with E-state index in [1.54, 1.807) is 0 Å². The van der Waals surface area contributed by atoms with Crippen molar-refractivity contribution in [2.45, 2.75) is 12.8 Å². The smallest absolute Gasteiger partial charge is 0.251 e. The standard InChI is InChI=1S/C14H17ClFNO3/c15-11-2-1-10(7-12(11)16)13(19)17-8-14(9-18)3-5-20-6-4-14/h1-2,7,18H,3-6,8-9H2,(H,17,19). The highest BCUT2D eigenvalue weighted by molar-refractivity contribution is 6.30. The van der Waals surface area contributed by atoms with Gasteiger partial charge in [0.05, 0.1) is 11.6 Å². The third-order valence-electron chi connectivity index (χ3n) is 3.69. The molecule has 1 aliphatic rings. The number of aliphatic hydroxyl groups excluding tert-OH is 1. The molecular weight excluding hydrogens is 285 g/mol. The molecule has 0 bridgehead atoms. The summed E-state index contributed by atoms with van der Waals surface area (Å²) < 4.78 is 18.6.